The van der Waals surface area contributed by atoms with E-state index in [-0.39, 0.29) is 0 Å². The molecule has 0 aliphatic rings. The normalized spacial score (nSPS) is 11.2. The molecule has 2 heterocycles. The first kappa shape index (κ1) is 13.6. The summed E-state index contributed by atoms with van der Waals surface area (Å²) >= 11 is 5.21. The van der Waals surface area contributed by atoms with Gasteiger partial charge in [-0.05, 0) is 11.6 Å². The third-order valence-electron chi connectivity index (χ3n) is 3.26. The summed E-state index contributed by atoms with van der Waals surface area (Å²) in [6, 6.07) is 8.23. The molecular formula is C14H15BrN4S. The molecule has 0 unspecified atom stereocenters. The maximum atomic E-state index is 5.89. The molecule has 0 aliphatic carbocycles. The summed E-state index contributed by atoms with van der Waals surface area (Å²) in [7, 11) is 2.05. The Hall–Kier alpha value is -1.37. The van der Waals surface area contributed by atoms with Gasteiger partial charge in [-0.25, -0.2) is 4.98 Å². The van der Waals surface area contributed by atoms with Crippen LogP contribution >= 0.6 is 27.3 Å². The molecule has 0 saturated carbocycles. The van der Waals surface area contributed by atoms with Crippen molar-refractivity contribution >= 4 is 38.0 Å². The Morgan fingerprint density at radius 2 is 2.20 bits per heavy atom. The number of aromatic nitrogens is 2. The molecule has 104 valence electrons. The number of fused-ring (bicyclic) bond motifs is 1. The van der Waals surface area contributed by atoms with Crippen LogP contribution in [0.5, 0.6) is 0 Å². The van der Waals surface area contributed by atoms with E-state index in [1.165, 1.54) is 5.56 Å². The summed E-state index contributed by atoms with van der Waals surface area (Å²) in [5.74, 6) is 0.954. The summed E-state index contributed by atoms with van der Waals surface area (Å²) in [6.07, 6.45) is 2.02. The lowest BCUT2D eigenvalue weighted by Crippen LogP contribution is -2.19. The zero-order valence-electron chi connectivity index (χ0n) is 11.1. The van der Waals surface area contributed by atoms with Crippen LogP contribution in [0.25, 0.3) is 4.96 Å². The maximum Gasteiger partial charge on any atom is 0.195 e. The summed E-state index contributed by atoms with van der Waals surface area (Å²) in [6.45, 7) is 1.27. The standard InChI is InChI=1S/C14H15BrN4S/c1-18(9-10-4-2-3-5-11(10)15)13-12(8-16)19-6-7-20-14(19)17-13/h2-7H,8-9,16H2,1H3. The highest BCUT2D eigenvalue weighted by Crippen LogP contribution is 2.26. The second-order valence-corrected chi connectivity index (χ2v) is 6.32. The average molecular weight is 351 g/mol. The molecule has 0 radical (unpaired) electrons. The molecular weight excluding hydrogens is 336 g/mol. The van der Waals surface area contributed by atoms with Crippen LogP contribution in [0.1, 0.15) is 11.3 Å². The highest BCUT2D eigenvalue weighted by atomic mass is 79.9. The van der Waals surface area contributed by atoms with E-state index in [0.29, 0.717) is 6.54 Å². The van der Waals surface area contributed by atoms with Crippen molar-refractivity contribution in [3.8, 4) is 0 Å². The number of nitrogens with zero attached hydrogens (tertiary/aromatic N) is 3. The van der Waals surface area contributed by atoms with E-state index in [1.54, 1.807) is 11.3 Å². The molecule has 20 heavy (non-hydrogen) atoms. The van der Waals surface area contributed by atoms with E-state index in [0.717, 1.165) is 27.5 Å². The van der Waals surface area contributed by atoms with Gasteiger partial charge in [0, 0.05) is 36.2 Å². The predicted octanol–water partition coefficient (Wildman–Crippen LogP) is 3.25. The van der Waals surface area contributed by atoms with Crippen LogP contribution in [-0.2, 0) is 13.1 Å². The Bertz CT molecular complexity index is 734. The van der Waals surface area contributed by atoms with Crippen molar-refractivity contribution in [2.75, 3.05) is 11.9 Å². The van der Waals surface area contributed by atoms with E-state index in [9.17, 15) is 0 Å². The second kappa shape index (κ2) is 5.55. The Morgan fingerprint density at radius 3 is 2.95 bits per heavy atom. The number of halogens is 1. The highest BCUT2D eigenvalue weighted by molar-refractivity contribution is 9.10. The fraction of sp³-hybridized carbons (Fsp3) is 0.214. The molecule has 3 rings (SSSR count). The van der Waals surface area contributed by atoms with Gasteiger partial charge < -0.3 is 10.6 Å². The Labute approximate surface area is 130 Å². The number of imidazole rings is 1. The van der Waals surface area contributed by atoms with Gasteiger partial charge in [0.2, 0.25) is 0 Å². The van der Waals surface area contributed by atoms with Crippen molar-refractivity contribution in [3.63, 3.8) is 0 Å². The molecule has 0 fully saturated rings. The van der Waals surface area contributed by atoms with Gasteiger partial charge in [0.25, 0.3) is 0 Å². The third-order valence-corrected chi connectivity index (χ3v) is 4.79. The van der Waals surface area contributed by atoms with E-state index >= 15 is 0 Å². The fourth-order valence-electron chi connectivity index (χ4n) is 2.27. The molecule has 0 spiro atoms. The molecule has 2 aromatic heterocycles. The molecule has 2 N–H and O–H groups in total. The summed E-state index contributed by atoms with van der Waals surface area (Å²) < 4.78 is 3.18. The lowest BCUT2D eigenvalue weighted by Gasteiger charge is -2.19. The first-order valence-electron chi connectivity index (χ1n) is 6.29. The number of thiazole rings is 1. The minimum Gasteiger partial charge on any atom is -0.354 e. The summed E-state index contributed by atoms with van der Waals surface area (Å²) in [5, 5.41) is 2.03. The number of hydrogen-bond acceptors (Lipinski definition) is 4. The smallest absolute Gasteiger partial charge is 0.195 e. The number of rotatable bonds is 4. The second-order valence-electron chi connectivity index (χ2n) is 4.59. The van der Waals surface area contributed by atoms with Crippen molar-refractivity contribution in [2.24, 2.45) is 5.73 Å². The zero-order chi connectivity index (χ0) is 14.1. The van der Waals surface area contributed by atoms with Crippen LogP contribution in [0.4, 0.5) is 5.82 Å². The van der Waals surface area contributed by atoms with Gasteiger partial charge >= 0.3 is 0 Å². The lowest BCUT2D eigenvalue weighted by atomic mass is 10.2. The van der Waals surface area contributed by atoms with Crippen LogP contribution in [-0.4, -0.2) is 16.4 Å². The molecule has 0 atom stereocenters. The monoisotopic (exact) mass is 350 g/mol. The van der Waals surface area contributed by atoms with Crippen molar-refractivity contribution in [1.29, 1.82) is 0 Å². The van der Waals surface area contributed by atoms with Gasteiger partial charge in [0.05, 0.1) is 5.69 Å². The number of anilines is 1. The van der Waals surface area contributed by atoms with Crippen molar-refractivity contribution in [3.05, 3.63) is 51.6 Å². The number of benzene rings is 1. The van der Waals surface area contributed by atoms with E-state index in [4.69, 9.17) is 5.73 Å². The lowest BCUT2D eigenvalue weighted by molar-refractivity contribution is 0.871. The molecule has 0 saturated heterocycles. The third kappa shape index (κ3) is 2.34. The van der Waals surface area contributed by atoms with Crippen molar-refractivity contribution in [2.45, 2.75) is 13.1 Å². The summed E-state index contributed by atoms with van der Waals surface area (Å²) in [4.78, 5) is 7.81. The fourth-order valence-corrected chi connectivity index (χ4v) is 3.41. The highest BCUT2D eigenvalue weighted by Gasteiger charge is 2.16. The van der Waals surface area contributed by atoms with Crippen molar-refractivity contribution in [1.82, 2.24) is 9.38 Å². The maximum absolute atomic E-state index is 5.89. The SMILES string of the molecule is CN(Cc1ccccc1Br)c1nc2sccn2c1CN. The first-order chi connectivity index (χ1) is 9.70. The van der Waals surface area contributed by atoms with Crippen LogP contribution in [0.3, 0.4) is 0 Å². The number of nitrogens with two attached hydrogens (primary N) is 1. The molecule has 0 amide bonds. The molecule has 4 nitrogen and oxygen atoms in total. The quantitative estimate of drug-likeness (QED) is 0.785. The molecule has 0 aliphatic heterocycles. The minimum absolute atomic E-state index is 0.480. The Morgan fingerprint density at radius 1 is 1.40 bits per heavy atom. The van der Waals surface area contributed by atoms with E-state index < -0.39 is 0 Å². The van der Waals surface area contributed by atoms with Gasteiger partial charge in [-0.2, -0.15) is 0 Å². The molecule has 3 aromatic rings. The van der Waals surface area contributed by atoms with Crippen molar-refractivity contribution < 1.29 is 0 Å². The van der Waals surface area contributed by atoms with Gasteiger partial charge in [0.1, 0.15) is 0 Å². The zero-order valence-corrected chi connectivity index (χ0v) is 13.5. The molecule has 0 bridgehead atoms. The Balaban J connectivity index is 1.94. The first-order valence-corrected chi connectivity index (χ1v) is 7.97. The minimum atomic E-state index is 0.480. The molecule has 6 heteroatoms. The van der Waals surface area contributed by atoms with Crippen LogP contribution in [0.2, 0.25) is 0 Å². The topological polar surface area (TPSA) is 46.6 Å². The van der Waals surface area contributed by atoms with Crippen LogP contribution in [0, 0.1) is 0 Å². The molecule has 1 aromatic carbocycles. The predicted molar refractivity (Wildman–Crippen MR) is 87.2 cm³/mol. The Kier molecular flexibility index (Phi) is 3.78. The average Bonchev–Trinajstić information content (AvgIpc) is 3.01. The van der Waals surface area contributed by atoms with E-state index in [2.05, 4.69) is 42.3 Å². The van der Waals surface area contributed by atoms with Gasteiger partial charge in [-0.15, -0.1) is 11.3 Å². The number of hydrogen-bond donors (Lipinski definition) is 1. The van der Waals surface area contributed by atoms with Crippen LogP contribution < -0.4 is 10.6 Å². The van der Waals surface area contributed by atoms with Gasteiger partial charge in [0.15, 0.2) is 10.8 Å². The largest absolute Gasteiger partial charge is 0.354 e. The van der Waals surface area contributed by atoms with Gasteiger partial charge in [-0.3, -0.25) is 4.40 Å². The van der Waals surface area contributed by atoms with Gasteiger partial charge in [-0.1, -0.05) is 34.1 Å². The van der Waals surface area contributed by atoms with Crippen LogP contribution in [0.15, 0.2) is 40.3 Å². The van der Waals surface area contributed by atoms with E-state index in [1.807, 2.05) is 30.8 Å². The summed E-state index contributed by atoms with van der Waals surface area (Å²) in [5.41, 5.74) is 8.17.